The number of halogens is 1. The lowest BCUT2D eigenvalue weighted by molar-refractivity contribution is 0.0406. The van der Waals surface area contributed by atoms with Gasteiger partial charge in [0.05, 0.1) is 11.9 Å². The van der Waals surface area contributed by atoms with E-state index >= 15 is 0 Å². The molecule has 0 spiro atoms. The number of ether oxygens (including phenoxy) is 3. The zero-order valence-corrected chi connectivity index (χ0v) is 17.0. The topological polar surface area (TPSA) is 116 Å². The highest BCUT2D eigenvalue weighted by atomic mass is 35.5. The Morgan fingerprint density at radius 1 is 1.43 bits per heavy atom. The van der Waals surface area contributed by atoms with Gasteiger partial charge in [-0.2, -0.15) is 4.98 Å². The van der Waals surface area contributed by atoms with Crippen LogP contribution in [0.15, 0.2) is 22.8 Å². The van der Waals surface area contributed by atoms with Crippen LogP contribution >= 0.6 is 11.6 Å². The van der Waals surface area contributed by atoms with E-state index in [1.54, 1.807) is 7.11 Å². The first-order valence-corrected chi connectivity index (χ1v) is 9.72. The largest absolute Gasteiger partial charge is 0.475 e. The Morgan fingerprint density at radius 3 is 2.96 bits per heavy atom. The monoisotopic (exact) mass is 410 g/mol. The fraction of sp³-hybridized carbons (Fsp3) is 0.611. The molecule has 2 bridgehead atoms. The highest BCUT2D eigenvalue weighted by Gasteiger charge is 2.19. The molecule has 3 rings (SSSR count). The van der Waals surface area contributed by atoms with Crippen LogP contribution in [-0.4, -0.2) is 61.8 Å². The maximum absolute atomic E-state index is 6.22. The number of methoxy groups -OCH3 is 1. The van der Waals surface area contributed by atoms with E-state index in [1.165, 1.54) is 6.20 Å². The van der Waals surface area contributed by atoms with E-state index in [4.69, 9.17) is 36.5 Å². The third kappa shape index (κ3) is 5.46. The van der Waals surface area contributed by atoms with Gasteiger partial charge in [0.15, 0.2) is 5.82 Å². The van der Waals surface area contributed by atoms with Crippen molar-refractivity contribution in [3.8, 4) is 0 Å². The van der Waals surface area contributed by atoms with Gasteiger partial charge in [0, 0.05) is 33.4 Å². The molecule has 2 aliphatic heterocycles. The Kier molecular flexibility index (Phi) is 7.30. The first-order chi connectivity index (χ1) is 13.6. The van der Waals surface area contributed by atoms with Crippen LogP contribution in [0.1, 0.15) is 19.8 Å². The number of hydrogen-bond acceptors (Lipinski definition) is 9. The molecule has 154 valence electrons. The summed E-state index contributed by atoms with van der Waals surface area (Å²) in [6.07, 6.45) is 3.33. The van der Waals surface area contributed by atoms with Crippen LogP contribution in [0.2, 0.25) is 5.02 Å². The fourth-order valence-corrected chi connectivity index (χ4v) is 3.10. The Morgan fingerprint density at radius 2 is 2.21 bits per heavy atom. The first-order valence-electron chi connectivity index (χ1n) is 9.34. The van der Waals surface area contributed by atoms with Crippen LogP contribution in [0.25, 0.3) is 0 Å². The van der Waals surface area contributed by atoms with Crippen molar-refractivity contribution in [2.75, 3.05) is 50.7 Å². The molecule has 1 aromatic rings. The van der Waals surface area contributed by atoms with Gasteiger partial charge in [-0.25, -0.2) is 4.98 Å². The molecule has 1 aromatic heterocycles. The maximum Gasteiger partial charge on any atom is 0.229 e. The summed E-state index contributed by atoms with van der Waals surface area (Å²) in [6, 6.07) is 0. The molecule has 3 heterocycles. The molecule has 2 aliphatic rings. The van der Waals surface area contributed by atoms with Gasteiger partial charge in [-0.15, -0.1) is 0 Å². The molecule has 1 fully saturated rings. The number of aliphatic imine (C=N–C) groups is 1. The molecule has 0 amide bonds. The first kappa shape index (κ1) is 20.6. The van der Waals surface area contributed by atoms with E-state index < -0.39 is 0 Å². The summed E-state index contributed by atoms with van der Waals surface area (Å²) in [6.45, 7) is 4.92. The fourth-order valence-electron chi connectivity index (χ4n) is 2.94. The van der Waals surface area contributed by atoms with E-state index in [9.17, 15) is 0 Å². The predicted molar refractivity (Wildman–Crippen MR) is 109 cm³/mol. The standard InChI is InChI=1S/C18H27ClN6O3/c1-11(21-7-12-3-5-27-6-4-12)15-16(20)28-10-13(26-2)8-22-17-14(19)9-23-18(24-15)25-17/h9,12-13H,3-8,10,20H2,1-2H3,(H2,22,23,24,25). The summed E-state index contributed by atoms with van der Waals surface area (Å²) >= 11 is 6.19. The molecule has 28 heavy (non-hydrogen) atoms. The molecule has 4 N–H and O–H groups in total. The van der Waals surface area contributed by atoms with Crippen molar-refractivity contribution >= 4 is 29.1 Å². The number of fused-ring (bicyclic) bond motifs is 2. The van der Waals surface area contributed by atoms with Crippen molar-refractivity contribution in [2.45, 2.75) is 25.9 Å². The molecule has 0 saturated carbocycles. The van der Waals surface area contributed by atoms with Crippen LogP contribution < -0.4 is 16.4 Å². The van der Waals surface area contributed by atoms with E-state index in [1.807, 2.05) is 6.92 Å². The molecule has 1 atom stereocenters. The Hall–Kier alpha value is -2.10. The molecule has 10 heteroatoms. The second kappa shape index (κ2) is 9.90. The SMILES string of the molecule is COC1CNc2nc(ncc2Cl)NC(C(C)=NCC2CCOCC2)=C(N)OC1. The highest BCUT2D eigenvalue weighted by Crippen LogP contribution is 2.22. The van der Waals surface area contributed by atoms with Crippen LogP contribution in [0.3, 0.4) is 0 Å². The Bertz CT molecular complexity index is 736. The molecule has 0 aromatic carbocycles. The minimum absolute atomic E-state index is 0.220. The van der Waals surface area contributed by atoms with Gasteiger partial charge < -0.3 is 30.6 Å². The Labute approximate surface area is 169 Å². The summed E-state index contributed by atoms with van der Waals surface area (Å²) in [5.41, 5.74) is 7.48. The molecule has 1 saturated heterocycles. The van der Waals surface area contributed by atoms with Crippen molar-refractivity contribution < 1.29 is 14.2 Å². The normalized spacial score (nSPS) is 22.0. The lowest BCUT2D eigenvalue weighted by Gasteiger charge is -2.21. The molecular weight excluding hydrogens is 384 g/mol. The third-order valence-corrected chi connectivity index (χ3v) is 5.05. The average molecular weight is 411 g/mol. The van der Waals surface area contributed by atoms with Gasteiger partial charge in [0.1, 0.15) is 23.4 Å². The molecule has 9 nitrogen and oxygen atoms in total. The number of nitrogens with zero attached hydrogens (tertiary/aromatic N) is 3. The number of aromatic nitrogens is 2. The highest BCUT2D eigenvalue weighted by molar-refractivity contribution is 6.32. The van der Waals surface area contributed by atoms with Crippen LogP contribution in [-0.2, 0) is 14.2 Å². The number of rotatable bonds is 4. The second-order valence-corrected chi connectivity index (χ2v) is 7.19. The number of allylic oxidation sites excluding steroid dienone is 1. The maximum atomic E-state index is 6.22. The van der Waals surface area contributed by atoms with Crippen LogP contribution in [0.4, 0.5) is 11.8 Å². The lowest BCUT2D eigenvalue weighted by atomic mass is 10.0. The van der Waals surface area contributed by atoms with Gasteiger partial charge in [-0.1, -0.05) is 11.6 Å². The molecule has 0 aliphatic carbocycles. The Balaban J connectivity index is 1.85. The number of hydrogen-bond donors (Lipinski definition) is 3. The molecule has 1 unspecified atom stereocenters. The van der Waals surface area contributed by atoms with Crippen LogP contribution in [0.5, 0.6) is 0 Å². The van der Waals surface area contributed by atoms with Gasteiger partial charge in [-0.3, -0.25) is 4.99 Å². The van der Waals surface area contributed by atoms with Crippen molar-refractivity contribution in [1.82, 2.24) is 9.97 Å². The summed E-state index contributed by atoms with van der Waals surface area (Å²) < 4.78 is 16.6. The van der Waals surface area contributed by atoms with Crippen molar-refractivity contribution in [3.63, 3.8) is 0 Å². The van der Waals surface area contributed by atoms with Gasteiger partial charge >= 0.3 is 0 Å². The third-order valence-electron chi connectivity index (χ3n) is 4.77. The van der Waals surface area contributed by atoms with E-state index in [0.717, 1.165) is 31.8 Å². The minimum atomic E-state index is -0.230. The lowest BCUT2D eigenvalue weighted by Crippen LogP contribution is -2.29. The summed E-state index contributed by atoms with van der Waals surface area (Å²) in [4.78, 5) is 13.4. The summed E-state index contributed by atoms with van der Waals surface area (Å²) in [5.74, 6) is 1.59. The zero-order chi connectivity index (χ0) is 19.9. The van der Waals surface area contributed by atoms with Crippen molar-refractivity contribution in [1.29, 1.82) is 0 Å². The van der Waals surface area contributed by atoms with E-state index in [-0.39, 0.29) is 18.6 Å². The summed E-state index contributed by atoms with van der Waals surface area (Å²) in [7, 11) is 1.61. The van der Waals surface area contributed by atoms with E-state index in [2.05, 4.69) is 20.6 Å². The number of nitrogens with one attached hydrogen (secondary N) is 2. The van der Waals surface area contributed by atoms with Crippen molar-refractivity contribution in [2.24, 2.45) is 16.6 Å². The zero-order valence-electron chi connectivity index (χ0n) is 16.2. The summed E-state index contributed by atoms with van der Waals surface area (Å²) in [5, 5.41) is 6.70. The van der Waals surface area contributed by atoms with Gasteiger partial charge in [0.25, 0.3) is 0 Å². The van der Waals surface area contributed by atoms with Gasteiger partial charge in [0.2, 0.25) is 11.8 Å². The number of nitrogens with two attached hydrogens (primary N) is 1. The average Bonchev–Trinajstić information content (AvgIpc) is 2.74. The van der Waals surface area contributed by atoms with Crippen LogP contribution in [0, 0.1) is 5.92 Å². The predicted octanol–water partition coefficient (Wildman–Crippen LogP) is 2.01. The quantitative estimate of drug-likeness (QED) is 0.645. The smallest absolute Gasteiger partial charge is 0.229 e. The number of anilines is 2. The molecule has 0 radical (unpaired) electrons. The second-order valence-electron chi connectivity index (χ2n) is 6.79. The minimum Gasteiger partial charge on any atom is -0.475 e. The molecular formula is C18H27ClN6O3. The van der Waals surface area contributed by atoms with Gasteiger partial charge in [-0.05, 0) is 25.7 Å². The van der Waals surface area contributed by atoms with Crippen molar-refractivity contribution in [3.05, 3.63) is 22.8 Å². The van der Waals surface area contributed by atoms with E-state index in [0.29, 0.717) is 41.5 Å².